The Balaban J connectivity index is 1.50. The Morgan fingerprint density at radius 1 is 1.07 bits per heavy atom. The second-order valence-corrected chi connectivity index (χ2v) is 10.7. The zero-order chi connectivity index (χ0) is 20.6. The molecule has 1 aliphatic heterocycles. The first-order valence-electron chi connectivity index (χ1n) is 9.60. The Morgan fingerprint density at radius 2 is 1.72 bits per heavy atom. The van der Waals surface area contributed by atoms with Gasteiger partial charge in [0.1, 0.15) is 0 Å². The number of rotatable bonds is 4. The lowest BCUT2D eigenvalue weighted by Crippen LogP contribution is -2.42. The number of carbonyl (C=O) groups is 1. The summed E-state index contributed by atoms with van der Waals surface area (Å²) in [5.74, 6) is 0.369. The first-order valence-corrected chi connectivity index (χ1v) is 11.9. The van der Waals surface area contributed by atoms with E-state index in [1.165, 1.54) is 23.5 Å². The van der Waals surface area contributed by atoms with E-state index >= 15 is 0 Å². The van der Waals surface area contributed by atoms with Crippen molar-refractivity contribution in [2.75, 3.05) is 18.4 Å². The van der Waals surface area contributed by atoms with Crippen molar-refractivity contribution >= 4 is 42.6 Å². The molecule has 0 bridgehead atoms. The van der Waals surface area contributed by atoms with Crippen LogP contribution >= 0.6 is 11.3 Å². The zero-order valence-electron chi connectivity index (χ0n) is 16.3. The molecule has 0 radical (unpaired) electrons. The van der Waals surface area contributed by atoms with E-state index in [4.69, 9.17) is 0 Å². The molecule has 1 saturated heterocycles. The first-order chi connectivity index (χ1) is 13.8. The lowest BCUT2D eigenvalue weighted by molar-refractivity contribution is 0.102. The first kappa shape index (κ1) is 20.0. The van der Waals surface area contributed by atoms with Crippen molar-refractivity contribution in [1.29, 1.82) is 0 Å². The molecule has 4 rings (SSSR count). The number of para-hydroxylation sites is 1. The van der Waals surface area contributed by atoms with E-state index in [0.29, 0.717) is 35.6 Å². The summed E-state index contributed by atoms with van der Waals surface area (Å²) in [7, 11) is -3.56. The quantitative estimate of drug-likeness (QED) is 0.674. The van der Waals surface area contributed by atoms with Crippen LogP contribution in [0.15, 0.2) is 53.4 Å². The van der Waals surface area contributed by atoms with E-state index in [1.807, 2.05) is 24.3 Å². The van der Waals surface area contributed by atoms with Crippen LogP contribution in [0.1, 0.15) is 30.6 Å². The van der Waals surface area contributed by atoms with Crippen molar-refractivity contribution in [3.63, 3.8) is 0 Å². The summed E-state index contributed by atoms with van der Waals surface area (Å²) in [6.45, 7) is 5.22. The van der Waals surface area contributed by atoms with E-state index in [0.717, 1.165) is 16.6 Å². The minimum absolute atomic E-state index is 0.218. The smallest absolute Gasteiger partial charge is 0.257 e. The molecule has 152 valence electrons. The van der Waals surface area contributed by atoms with Crippen LogP contribution in [0, 0.1) is 11.8 Å². The molecule has 1 fully saturated rings. The predicted octanol–water partition coefficient (Wildman–Crippen LogP) is 4.22. The lowest BCUT2D eigenvalue weighted by Gasteiger charge is -2.34. The molecule has 0 aliphatic carbocycles. The monoisotopic (exact) mass is 429 g/mol. The zero-order valence-corrected chi connectivity index (χ0v) is 18.0. The SMILES string of the molecule is CC1CC(C)CN(S(=O)(=O)c2ccc(C(=O)Nc3nc4ccccc4s3)cc2)C1. The molecule has 0 saturated carbocycles. The average molecular weight is 430 g/mol. The summed E-state index contributed by atoms with van der Waals surface area (Å²) in [6, 6.07) is 13.8. The van der Waals surface area contributed by atoms with Crippen LogP contribution in [0.3, 0.4) is 0 Å². The van der Waals surface area contributed by atoms with Gasteiger partial charge < -0.3 is 0 Å². The summed E-state index contributed by atoms with van der Waals surface area (Å²) in [4.78, 5) is 17.1. The van der Waals surface area contributed by atoms with Crippen LogP contribution < -0.4 is 5.32 Å². The maximum atomic E-state index is 13.0. The van der Waals surface area contributed by atoms with Crippen LogP contribution in [0.2, 0.25) is 0 Å². The topological polar surface area (TPSA) is 79.4 Å². The van der Waals surface area contributed by atoms with E-state index in [2.05, 4.69) is 24.1 Å². The van der Waals surface area contributed by atoms with E-state index in [-0.39, 0.29) is 10.8 Å². The minimum Gasteiger partial charge on any atom is -0.298 e. The van der Waals surface area contributed by atoms with E-state index < -0.39 is 10.0 Å². The number of carbonyl (C=O) groups excluding carboxylic acids is 1. The van der Waals surface area contributed by atoms with Gasteiger partial charge >= 0.3 is 0 Å². The number of nitrogens with one attached hydrogen (secondary N) is 1. The number of benzene rings is 2. The summed E-state index contributed by atoms with van der Waals surface area (Å²) in [5, 5.41) is 3.31. The third-order valence-electron chi connectivity index (χ3n) is 5.10. The molecule has 8 heteroatoms. The number of piperidine rings is 1. The van der Waals surface area contributed by atoms with Crippen molar-refractivity contribution in [2.24, 2.45) is 11.8 Å². The Morgan fingerprint density at radius 3 is 2.38 bits per heavy atom. The Labute approximate surface area is 174 Å². The highest BCUT2D eigenvalue weighted by molar-refractivity contribution is 7.89. The number of fused-ring (bicyclic) bond motifs is 1. The van der Waals surface area contributed by atoms with Crippen LogP contribution in [0.25, 0.3) is 10.2 Å². The maximum Gasteiger partial charge on any atom is 0.257 e. The number of hydrogen-bond acceptors (Lipinski definition) is 5. The molecule has 2 unspecified atom stereocenters. The van der Waals surface area contributed by atoms with Crippen molar-refractivity contribution in [3.8, 4) is 0 Å². The highest BCUT2D eigenvalue weighted by atomic mass is 32.2. The number of anilines is 1. The number of amides is 1. The molecular weight excluding hydrogens is 406 g/mol. The van der Waals surface area contributed by atoms with Crippen LogP contribution in [0.5, 0.6) is 0 Å². The molecule has 3 aromatic rings. The molecule has 6 nitrogen and oxygen atoms in total. The number of hydrogen-bond donors (Lipinski definition) is 1. The fourth-order valence-electron chi connectivity index (χ4n) is 3.82. The molecule has 2 aromatic carbocycles. The standard InChI is InChI=1S/C21H23N3O3S2/c1-14-11-15(2)13-24(12-14)29(26,27)17-9-7-16(8-10-17)20(25)23-21-22-18-5-3-4-6-19(18)28-21/h3-10,14-15H,11-13H2,1-2H3,(H,22,23,25). The highest BCUT2D eigenvalue weighted by Gasteiger charge is 2.31. The molecular formula is C21H23N3O3S2. The highest BCUT2D eigenvalue weighted by Crippen LogP contribution is 2.28. The maximum absolute atomic E-state index is 13.0. The Hall–Kier alpha value is -2.29. The molecule has 1 aromatic heterocycles. The fourth-order valence-corrected chi connectivity index (χ4v) is 6.36. The third kappa shape index (κ3) is 4.19. The Bertz CT molecular complexity index is 1100. The average Bonchev–Trinajstić information content (AvgIpc) is 3.09. The lowest BCUT2D eigenvalue weighted by atomic mass is 9.94. The van der Waals surface area contributed by atoms with Gasteiger partial charge in [-0.2, -0.15) is 4.31 Å². The summed E-state index contributed by atoms with van der Waals surface area (Å²) >= 11 is 1.40. The van der Waals surface area contributed by atoms with Crippen molar-refractivity contribution in [1.82, 2.24) is 9.29 Å². The predicted molar refractivity (Wildman–Crippen MR) is 116 cm³/mol. The second kappa shape index (κ2) is 7.85. The molecule has 0 spiro atoms. The van der Waals surface area contributed by atoms with Crippen LogP contribution in [-0.2, 0) is 10.0 Å². The van der Waals surface area contributed by atoms with Gasteiger partial charge in [-0.3, -0.25) is 10.1 Å². The molecule has 1 aliphatic rings. The van der Waals surface area contributed by atoms with Gasteiger partial charge in [0.15, 0.2) is 5.13 Å². The largest absolute Gasteiger partial charge is 0.298 e. The van der Waals surface area contributed by atoms with Gasteiger partial charge in [-0.15, -0.1) is 0 Å². The van der Waals surface area contributed by atoms with E-state index in [1.54, 1.807) is 16.4 Å². The summed E-state index contributed by atoms with van der Waals surface area (Å²) in [5.41, 5.74) is 1.22. The molecule has 1 amide bonds. The molecule has 2 heterocycles. The number of sulfonamides is 1. The van der Waals surface area contributed by atoms with Gasteiger partial charge in [-0.05, 0) is 54.7 Å². The van der Waals surface area contributed by atoms with Crippen LogP contribution in [0.4, 0.5) is 5.13 Å². The van der Waals surface area contributed by atoms with Crippen molar-refractivity contribution in [2.45, 2.75) is 25.2 Å². The number of nitrogens with zero attached hydrogens (tertiary/aromatic N) is 2. The second-order valence-electron chi connectivity index (χ2n) is 7.73. The van der Waals surface area contributed by atoms with Crippen molar-refractivity contribution in [3.05, 3.63) is 54.1 Å². The minimum atomic E-state index is -3.56. The van der Waals surface area contributed by atoms with Gasteiger partial charge in [0.05, 0.1) is 15.1 Å². The van der Waals surface area contributed by atoms with Gasteiger partial charge in [0, 0.05) is 18.7 Å². The van der Waals surface area contributed by atoms with Gasteiger partial charge in [-0.1, -0.05) is 37.3 Å². The normalized spacial score (nSPS) is 20.6. The summed E-state index contributed by atoms with van der Waals surface area (Å²) < 4.78 is 28.5. The summed E-state index contributed by atoms with van der Waals surface area (Å²) in [6.07, 6.45) is 1.04. The van der Waals surface area contributed by atoms with Crippen molar-refractivity contribution < 1.29 is 13.2 Å². The van der Waals surface area contributed by atoms with Crippen LogP contribution in [-0.4, -0.2) is 36.7 Å². The van der Waals surface area contributed by atoms with Gasteiger partial charge in [0.25, 0.3) is 5.91 Å². The van der Waals surface area contributed by atoms with Gasteiger partial charge in [-0.25, -0.2) is 13.4 Å². The molecule has 29 heavy (non-hydrogen) atoms. The molecule has 1 N–H and O–H groups in total. The number of thiazole rings is 1. The number of aromatic nitrogens is 1. The fraction of sp³-hybridized carbons (Fsp3) is 0.333. The third-order valence-corrected chi connectivity index (χ3v) is 7.90. The Kier molecular flexibility index (Phi) is 5.42. The molecule has 2 atom stereocenters. The van der Waals surface area contributed by atoms with Gasteiger partial charge in [0.2, 0.25) is 10.0 Å². The van der Waals surface area contributed by atoms with E-state index in [9.17, 15) is 13.2 Å².